The highest BCUT2D eigenvalue weighted by Crippen LogP contribution is 2.28. The standard InChI is InChI=1S/C15H24N2O2.ClH/c1-4-16-9-10-17-15(18)11-12(2)13-7-5-6-8-14(13)19-3;/h5-8,12,16H,4,9-11H2,1-3H3,(H,17,18);1H. The lowest BCUT2D eigenvalue weighted by atomic mass is 9.96. The molecule has 0 aliphatic heterocycles. The Hall–Kier alpha value is -1.26. The minimum atomic E-state index is 0. The van der Waals surface area contributed by atoms with E-state index in [-0.39, 0.29) is 24.2 Å². The number of carbonyl (C=O) groups excluding carboxylic acids is 1. The Balaban J connectivity index is 0.00000361. The smallest absolute Gasteiger partial charge is 0.220 e. The molecule has 0 aliphatic carbocycles. The van der Waals surface area contributed by atoms with Crippen LogP contribution >= 0.6 is 12.4 Å². The number of amides is 1. The monoisotopic (exact) mass is 300 g/mol. The molecular weight excluding hydrogens is 276 g/mol. The van der Waals surface area contributed by atoms with Crippen molar-refractivity contribution in [1.29, 1.82) is 0 Å². The number of likely N-dealkylation sites (N-methyl/N-ethyl adjacent to an activating group) is 1. The molecule has 0 spiro atoms. The first-order valence-electron chi connectivity index (χ1n) is 6.79. The first-order valence-corrected chi connectivity index (χ1v) is 6.79. The van der Waals surface area contributed by atoms with Crippen molar-refractivity contribution >= 4 is 18.3 Å². The van der Waals surface area contributed by atoms with Crippen LogP contribution in [0.3, 0.4) is 0 Å². The molecule has 1 amide bonds. The van der Waals surface area contributed by atoms with Crippen LogP contribution < -0.4 is 15.4 Å². The van der Waals surface area contributed by atoms with Crippen molar-refractivity contribution in [3.05, 3.63) is 29.8 Å². The van der Waals surface area contributed by atoms with Crippen molar-refractivity contribution in [3.8, 4) is 5.75 Å². The normalized spacial score (nSPS) is 11.3. The molecule has 5 heteroatoms. The van der Waals surface area contributed by atoms with Crippen molar-refractivity contribution in [2.45, 2.75) is 26.2 Å². The number of nitrogens with one attached hydrogen (secondary N) is 2. The molecule has 4 nitrogen and oxygen atoms in total. The Morgan fingerprint density at radius 2 is 2.00 bits per heavy atom. The molecule has 1 aromatic rings. The van der Waals surface area contributed by atoms with E-state index in [9.17, 15) is 4.79 Å². The summed E-state index contributed by atoms with van der Waals surface area (Å²) in [4.78, 5) is 11.8. The van der Waals surface area contributed by atoms with Crippen LogP contribution in [0.15, 0.2) is 24.3 Å². The molecule has 0 aliphatic rings. The van der Waals surface area contributed by atoms with Crippen LogP contribution in [0.25, 0.3) is 0 Å². The lowest BCUT2D eigenvalue weighted by Crippen LogP contribution is -2.32. The SMILES string of the molecule is CCNCCNC(=O)CC(C)c1ccccc1OC.Cl. The predicted octanol–water partition coefficient (Wildman–Crippen LogP) is 2.34. The van der Waals surface area contributed by atoms with E-state index < -0.39 is 0 Å². The summed E-state index contributed by atoms with van der Waals surface area (Å²) in [6.07, 6.45) is 0.479. The van der Waals surface area contributed by atoms with Gasteiger partial charge in [-0.25, -0.2) is 0 Å². The second-order valence-corrected chi connectivity index (χ2v) is 4.55. The number of rotatable bonds is 8. The van der Waals surface area contributed by atoms with Crippen LogP contribution in [0.1, 0.15) is 31.7 Å². The molecule has 20 heavy (non-hydrogen) atoms. The van der Waals surface area contributed by atoms with Gasteiger partial charge in [0.05, 0.1) is 7.11 Å². The number of para-hydroxylation sites is 1. The second-order valence-electron chi connectivity index (χ2n) is 4.55. The molecule has 2 N–H and O–H groups in total. The highest BCUT2D eigenvalue weighted by atomic mass is 35.5. The van der Waals surface area contributed by atoms with Crippen LogP contribution in [0.5, 0.6) is 5.75 Å². The lowest BCUT2D eigenvalue weighted by molar-refractivity contribution is -0.121. The number of benzene rings is 1. The van der Waals surface area contributed by atoms with E-state index in [2.05, 4.69) is 10.6 Å². The van der Waals surface area contributed by atoms with E-state index in [1.807, 2.05) is 38.1 Å². The average molecular weight is 301 g/mol. The van der Waals surface area contributed by atoms with Gasteiger partial charge in [0.1, 0.15) is 5.75 Å². The Morgan fingerprint density at radius 3 is 2.65 bits per heavy atom. The summed E-state index contributed by atoms with van der Waals surface area (Å²) in [6, 6.07) is 7.84. The number of halogens is 1. The van der Waals surface area contributed by atoms with Gasteiger partial charge in [0.15, 0.2) is 0 Å². The molecule has 0 saturated heterocycles. The maximum atomic E-state index is 11.8. The molecule has 0 fully saturated rings. The van der Waals surface area contributed by atoms with Gasteiger partial charge >= 0.3 is 0 Å². The molecule has 1 rings (SSSR count). The minimum absolute atomic E-state index is 0. The van der Waals surface area contributed by atoms with Crippen LogP contribution in [0.4, 0.5) is 0 Å². The van der Waals surface area contributed by atoms with Gasteiger partial charge in [-0.2, -0.15) is 0 Å². The van der Waals surface area contributed by atoms with Crippen LogP contribution in [0, 0.1) is 0 Å². The molecule has 1 atom stereocenters. The first-order chi connectivity index (χ1) is 9.19. The third-order valence-corrected chi connectivity index (χ3v) is 3.04. The fourth-order valence-electron chi connectivity index (χ4n) is 2.00. The molecule has 0 aromatic heterocycles. The molecule has 0 saturated carbocycles. The van der Waals surface area contributed by atoms with Gasteiger partial charge in [-0.1, -0.05) is 32.0 Å². The highest BCUT2D eigenvalue weighted by molar-refractivity contribution is 5.85. The van der Waals surface area contributed by atoms with Gasteiger partial charge in [0.25, 0.3) is 0 Å². The number of ether oxygens (including phenoxy) is 1. The zero-order valence-corrected chi connectivity index (χ0v) is 13.3. The largest absolute Gasteiger partial charge is 0.496 e. The van der Waals surface area contributed by atoms with Gasteiger partial charge in [0, 0.05) is 19.5 Å². The number of hydrogen-bond acceptors (Lipinski definition) is 3. The topological polar surface area (TPSA) is 50.4 Å². The number of carbonyl (C=O) groups is 1. The van der Waals surface area contributed by atoms with E-state index in [0.717, 1.165) is 24.4 Å². The Morgan fingerprint density at radius 1 is 1.30 bits per heavy atom. The quantitative estimate of drug-likeness (QED) is 0.725. The van der Waals surface area contributed by atoms with Crippen LogP contribution in [-0.2, 0) is 4.79 Å². The third-order valence-electron chi connectivity index (χ3n) is 3.04. The van der Waals surface area contributed by atoms with E-state index in [4.69, 9.17) is 4.74 Å². The van der Waals surface area contributed by atoms with E-state index in [1.54, 1.807) is 7.11 Å². The zero-order valence-electron chi connectivity index (χ0n) is 12.4. The van der Waals surface area contributed by atoms with Crippen molar-refractivity contribution in [1.82, 2.24) is 10.6 Å². The van der Waals surface area contributed by atoms with Crippen LogP contribution in [0.2, 0.25) is 0 Å². The Labute approximate surface area is 127 Å². The summed E-state index contributed by atoms with van der Waals surface area (Å²) in [6.45, 7) is 6.50. The Bertz CT molecular complexity index is 399. The molecule has 0 radical (unpaired) electrons. The molecule has 0 heterocycles. The molecule has 114 valence electrons. The summed E-state index contributed by atoms with van der Waals surface area (Å²) in [7, 11) is 1.65. The molecular formula is C15H25ClN2O2. The van der Waals surface area contributed by atoms with Crippen molar-refractivity contribution in [3.63, 3.8) is 0 Å². The lowest BCUT2D eigenvalue weighted by Gasteiger charge is -2.15. The first kappa shape index (κ1) is 18.7. The summed E-state index contributed by atoms with van der Waals surface area (Å²) in [5.74, 6) is 1.07. The highest BCUT2D eigenvalue weighted by Gasteiger charge is 2.14. The van der Waals surface area contributed by atoms with Gasteiger partial charge in [0.2, 0.25) is 5.91 Å². The average Bonchev–Trinajstić information content (AvgIpc) is 2.43. The van der Waals surface area contributed by atoms with E-state index in [0.29, 0.717) is 13.0 Å². The van der Waals surface area contributed by atoms with Crippen molar-refractivity contribution < 1.29 is 9.53 Å². The summed E-state index contributed by atoms with van der Waals surface area (Å²) in [5, 5.41) is 6.09. The van der Waals surface area contributed by atoms with Gasteiger partial charge in [-0.15, -0.1) is 12.4 Å². The maximum absolute atomic E-state index is 11.8. The molecule has 1 unspecified atom stereocenters. The van der Waals surface area contributed by atoms with Crippen molar-refractivity contribution in [2.24, 2.45) is 0 Å². The van der Waals surface area contributed by atoms with E-state index in [1.165, 1.54) is 0 Å². The second kappa shape index (κ2) is 10.5. The minimum Gasteiger partial charge on any atom is -0.496 e. The third kappa shape index (κ3) is 6.26. The number of hydrogen-bond donors (Lipinski definition) is 2. The summed E-state index contributed by atoms with van der Waals surface area (Å²) >= 11 is 0. The van der Waals surface area contributed by atoms with Gasteiger partial charge in [-0.3, -0.25) is 4.79 Å². The van der Waals surface area contributed by atoms with Gasteiger partial charge in [-0.05, 0) is 24.1 Å². The molecule has 1 aromatic carbocycles. The summed E-state index contributed by atoms with van der Waals surface area (Å²) in [5.41, 5.74) is 1.08. The predicted molar refractivity (Wildman–Crippen MR) is 84.8 cm³/mol. The zero-order chi connectivity index (χ0) is 14.1. The Kier molecular flexibility index (Phi) is 9.86. The van der Waals surface area contributed by atoms with E-state index >= 15 is 0 Å². The van der Waals surface area contributed by atoms with Crippen molar-refractivity contribution in [2.75, 3.05) is 26.7 Å². The van der Waals surface area contributed by atoms with Gasteiger partial charge < -0.3 is 15.4 Å². The maximum Gasteiger partial charge on any atom is 0.220 e. The fourth-order valence-corrected chi connectivity index (χ4v) is 2.00. The molecule has 0 bridgehead atoms. The number of methoxy groups -OCH3 is 1. The van der Waals surface area contributed by atoms with Crippen LogP contribution in [-0.4, -0.2) is 32.7 Å². The fraction of sp³-hybridized carbons (Fsp3) is 0.533. The summed E-state index contributed by atoms with van der Waals surface area (Å²) < 4.78 is 5.32.